The van der Waals surface area contributed by atoms with E-state index in [1.165, 1.54) is 6.08 Å². The topological polar surface area (TPSA) is 59.6 Å². The number of rotatable bonds is 5. The van der Waals surface area contributed by atoms with E-state index >= 15 is 0 Å². The maximum absolute atomic E-state index is 11.8. The van der Waals surface area contributed by atoms with E-state index in [4.69, 9.17) is 21.7 Å². The Kier molecular flexibility index (Phi) is 6.36. The van der Waals surface area contributed by atoms with Gasteiger partial charge in [-0.05, 0) is 37.2 Å². The maximum Gasteiger partial charge on any atom is 0.250 e. The van der Waals surface area contributed by atoms with Gasteiger partial charge in [-0.15, -0.1) is 0 Å². The molecule has 5 nitrogen and oxygen atoms in total. The van der Waals surface area contributed by atoms with Crippen LogP contribution in [0.2, 0.25) is 0 Å². The summed E-state index contributed by atoms with van der Waals surface area (Å²) in [6.45, 7) is 1.42. The molecule has 22 heavy (non-hydrogen) atoms. The summed E-state index contributed by atoms with van der Waals surface area (Å²) in [5, 5.41) is 5.91. The highest BCUT2D eigenvalue weighted by Gasteiger charge is 2.15. The zero-order valence-corrected chi connectivity index (χ0v) is 13.3. The highest BCUT2D eigenvalue weighted by atomic mass is 32.1. The normalized spacial score (nSPS) is 17.4. The Balaban J connectivity index is 1.78. The second-order valence-corrected chi connectivity index (χ2v) is 5.32. The van der Waals surface area contributed by atoms with Gasteiger partial charge in [-0.25, -0.2) is 0 Å². The van der Waals surface area contributed by atoms with Crippen LogP contribution < -0.4 is 15.4 Å². The van der Waals surface area contributed by atoms with E-state index < -0.39 is 0 Å². The number of amides is 1. The molecule has 1 amide bonds. The van der Waals surface area contributed by atoms with Crippen LogP contribution in [0.1, 0.15) is 18.4 Å². The molecule has 118 valence electrons. The molecule has 0 saturated carbocycles. The molecule has 1 aliphatic heterocycles. The molecule has 1 fully saturated rings. The second-order valence-electron chi connectivity index (χ2n) is 4.91. The number of hydrogen-bond acceptors (Lipinski definition) is 4. The maximum atomic E-state index is 11.8. The smallest absolute Gasteiger partial charge is 0.250 e. The van der Waals surface area contributed by atoms with Crippen LogP contribution in [0.5, 0.6) is 5.75 Å². The van der Waals surface area contributed by atoms with Crippen molar-refractivity contribution in [3.63, 3.8) is 0 Å². The average molecular weight is 320 g/mol. The summed E-state index contributed by atoms with van der Waals surface area (Å²) in [5.41, 5.74) is 0.832. The lowest BCUT2D eigenvalue weighted by Crippen LogP contribution is -2.41. The lowest BCUT2D eigenvalue weighted by molar-refractivity contribution is -0.115. The molecule has 0 aliphatic carbocycles. The van der Waals surface area contributed by atoms with Crippen LogP contribution in [0.4, 0.5) is 0 Å². The lowest BCUT2D eigenvalue weighted by atomic mass is 10.2. The van der Waals surface area contributed by atoms with Crippen molar-refractivity contribution in [2.45, 2.75) is 18.9 Å². The van der Waals surface area contributed by atoms with Gasteiger partial charge in [-0.1, -0.05) is 18.2 Å². The molecule has 0 unspecified atom stereocenters. The van der Waals surface area contributed by atoms with Crippen LogP contribution in [0.25, 0.3) is 6.08 Å². The summed E-state index contributed by atoms with van der Waals surface area (Å²) in [4.78, 5) is 11.8. The van der Waals surface area contributed by atoms with Crippen LogP contribution in [-0.2, 0) is 9.53 Å². The summed E-state index contributed by atoms with van der Waals surface area (Å²) in [5.74, 6) is 0.432. The third kappa shape index (κ3) is 5.13. The summed E-state index contributed by atoms with van der Waals surface area (Å²) < 4.78 is 10.7. The minimum absolute atomic E-state index is 0.180. The third-order valence-electron chi connectivity index (χ3n) is 3.30. The van der Waals surface area contributed by atoms with Gasteiger partial charge in [0, 0.05) is 24.8 Å². The van der Waals surface area contributed by atoms with Gasteiger partial charge in [0.1, 0.15) is 5.75 Å². The van der Waals surface area contributed by atoms with Crippen molar-refractivity contribution in [1.29, 1.82) is 0 Å². The number of hydrogen-bond donors (Lipinski definition) is 2. The molecule has 1 aliphatic rings. The fourth-order valence-electron chi connectivity index (χ4n) is 2.18. The van der Waals surface area contributed by atoms with E-state index in [0.29, 0.717) is 17.4 Å². The summed E-state index contributed by atoms with van der Waals surface area (Å²) >= 11 is 5.09. The Morgan fingerprint density at radius 1 is 1.50 bits per heavy atom. The van der Waals surface area contributed by atoms with E-state index in [1.807, 2.05) is 24.3 Å². The lowest BCUT2D eigenvalue weighted by Gasteiger charge is -2.12. The van der Waals surface area contributed by atoms with Gasteiger partial charge < -0.3 is 14.8 Å². The second kappa shape index (κ2) is 8.51. The SMILES string of the molecule is COc1ccccc1/C=C/C(=O)NC(=S)NC[C@H]1CCCO1. The fraction of sp³-hybridized carbons (Fsp3) is 0.375. The van der Waals surface area contributed by atoms with Crippen LogP contribution in [0, 0.1) is 0 Å². The minimum Gasteiger partial charge on any atom is -0.496 e. The number of ether oxygens (including phenoxy) is 2. The van der Waals surface area contributed by atoms with Crippen molar-refractivity contribution in [3.8, 4) is 5.75 Å². The van der Waals surface area contributed by atoms with E-state index in [2.05, 4.69) is 10.6 Å². The van der Waals surface area contributed by atoms with Crippen LogP contribution in [0.3, 0.4) is 0 Å². The van der Waals surface area contributed by atoms with Gasteiger partial charge in [0.25, 0.3) is 0 Å². The molecule has 1 aromatic carbocycles. The van der Waals surface area contributed by atoms with Gasteiger partial charge in [-0.2, -0.15) is 0 Å². The molecule has 0 radical (unpaired) electrons. The zero-order chi connectivity index (χ0) is 15.8. The fourth-order valence-corrected chi connectivity index (χ4v) is 2.36. The molecule has 0 aromatic heterocycles. The molecule has 2 rings (SSSR count). The van der Waals surface area contributed by atoms with Gasteiger partial charge in [0.2, 0.25) is 5.91 Å². The standard InChI is InChI=1S/C16H20N2O3S/c1-20-14-7-3-2-5-12(14)8-9-15(19)18-16(22)17-11-13-6-4-10-21-13/h2-3,5,7-9,13H,4,6,10-11H2,1H3,(H2,17,18,19,22)/b9-8+/t13-/m1/s1. The van der Waals surface area contributed by atoms with Crippen molar-refractivity contribution in [1.82, 2.24) is 10.6 Å². The Bertz CT molecular complexity index is 554. The first-order chi connectivity index (χ1) is 10.7. The van der Waals surface area contributed by atoms with Gasteiger partial charge in [0.05, 0.1) is 13.2 Å². The zero-order valence-electron chi connectivity index (χ0n) is 12.5. The molecule has 2 N–H and O–H groups in total. The quantitative estimate of drug-likeness (QED) is 0.641. The van der Waals surface area contributed by atoms with Gasteiger partial charge in [-0.3, -0.25) is 10.1 Å². The highest BCUT2D eigenvalue weighted by Crippen LogP contribution is 2.18. The minimum atomic E-state index is -0.282. The highest BCUT2D eigenvalue weighted by molar-refractivity contribution is 7.80. The predicted molar refractivity (Wildman–Crippen MR) is 89.7 cm³/mol. The molecule has 6 heteroatoms. The van der Waals surface area contributed by atoms with E-state index in [1.54, 1.807) is 13.2 Å². The average Bonchev–Trinajstić information content (AvgIpc) is 3.04. The first-order valence-corrected chi connectivity index (χ1v) is 7.61. The summed E-state index contributed by atoms with van der Waals surface area (Å²) in [7, 11) is 1.59. The third-order valence-corrected chi connectivity index (χ3v) is 3.55. The first-order valence-electron chi connectivity index (χ1n) is 7.20. The molecular weight excluding hydrogens is 300 g/mol. The molecule has 1 saturated heterocycles. The first kappa shape index (κ1) is 16.5. The number of methoxy groups -OCH3 is 1. The number of carbonyl (C=O) groups excluding carboxylic acids is 1. The van der Waals surface area contributed by atoms with Crippen molar-refractivity contribution >= 4 is 29.3 Å². The van der Waals surface area contributed by atoms with Gasteiger partial charge >= 0.3 is 0 Å². The van der Waals surface area contributed by atoms with Crippen molar-refractivity contribution < 1.29 is 14.3 Å². The molecule has 1 heterocycles. The Morgan fingerprint density at radius 3 is 3.05 bits per heavy atom. The monoisotopic (exact) mass is 320 g/mol. The number of carbonyl (C=O) groups is 1. The van der Waals surface area contributed by atoms with E-state index in [0.717, 1.165) is 25.0 Å². The van der Waals surface area contributed by atoms with Gasteiger partial charge in [0.15, 0.2) is 5.11 Å². The number of para-hydroxylation sites is 1. The Morgan fingerprint density at radius 2 is 2.32 bits per heavy atom. The summed E-state index contributed by atoms with van der Waals surface area (Å²) in [6.07, 6.45) is 5.40. The van der Waals surface area contributed by atoms with Crippen LogP contribution in [0.15, 0.2) is 30.3 Å². The van der Waals surface area contributed by atoms with Crippen molar-refractivity contribution in [3.05, 3.63) is 35.9 Å². The Labute approximate surface area is 135 Å². The molecule has 0 spiro atoms. The predicted octanol–water partition coefficient (Wildman–Crippen LogP) is 1.88. The Hall–Kier alpha value is -1.92. The van der Waals surface area contributed by atoms with E-state index in [-0.39, 0.29) is 12.0 Å². The van der Waals surface area contributed by atoms with Crippen LogP contribution >= 0.6 is 12.2 Å². The van der Waals surface area contributed by atoms with E-state index in [9.17, 15) is 4.79 Å². The van der Waals surface area contributed by atoms with Crippen LogP contribution in [-0.4, -0.2) is 37.4 Å². The largest absolute Gasteiger partial charge is 0.496 e. The molecule has 1 aromatic rings. The molecular formula is C16H20N2O3S. The molecule has 1 atom stereocenters. The molecule has 0 bridgehead atoms. The van der Waals surface area contributed by atoms with Crippen molar-refractivity contribution in [2.24, 2.45) is 0 Å². The summed E-state index contributed by atoms with van der Waals surface area (Å²) in [6, 6.07) is 7.47. The number of benzene rings is 1. The number of nitrogens with one attached hydrogen (secondary N) is 2. The van der Waals surface area contributed by atoms with Crippen molar-refractivity contribution in [2.75, 3.05) is 20.3 Å². The number of thiocarbonyl (C=S) groups is 1.